The van der Waals surface area contributed by atoms with E-state index in [9.17, 15) is 0 Å². The average molecular weight is 271 g/mol. The molecule has 2 atom stereocenters. The second-order valence-corrected chi connectivity index (χ2v) is 6.21. The summed E-state index contributed by atoms with van der Waals surface area (Å²) in [4.78, 5) is 0. The van der Waals surface area contributed by atoms with Crippen molar-refractivity contribution in [3.05, 3.63) is 69.7 Å². The van der Waals surface area contributed by atoms with E-state index in [0.717, 1.165) is 10.9 Å². The molecule has 0 radical (unpaired) electrons. The zero-order valence-corrected chi connectivity index (χ0v) is 12.2. The molecule has 19 heavy (non-hydrogen) atoms. The van der Waals surface area contributed by atoms with Crippen LogP contribution in [0.1, 0.15) is 41.5 Å². The largest absolute Gasteiger partial charge is 0.0841 e. The predicted octanol–water partition coefficient (Wildman–Crippen LogP) is 5.36. The highest BCUT2D eigenvalue weighted by Crippen LogP contribution is 2.39. The van der Waals surface area contributed by atoms with Crippen molar-refractivity contribution >= 4 is 11.6 Å². The van der Waals surface area contributed by atoms with Gasteiger partial charge in [-0.25, -0.2) is 0 Å². The molecule has 0 bridgehead atoms. The molecular formula is C18H19Cl. The van der Waals surface area contributed by atoms with Gasteiger partial charge in [-0.15, -0.1) is 0 Å². The van der Waals surface area contributed by atoms with Gasteiger partial charge in [0.15, 0.2) is 0 Å². The molecule has 0 heterocycles. The quantitative estimate of drug-likeness (QED) is 0.654. The first-order valence-electron chi connectivity index (χ1n) is 6.99. The van der Waals surface area contributed by atoms with Gasteiger partial charge in [0.25, 0.3) is 0 Å². The molecular weight excluding hydrogens is 252 g/mol. The lowest BCUT2D eigenvalue weighted by atomic mass is 9.74. The second kappa shape index (κ2) is 5.02. The molecule has 1 aliphatic rings. The Morgan fingerprint density at radius 2 is 1.89 bits per heavy atom. The summed E-state index contributed by atoms with van der Waals surface area (Å²) in [6.45, 7) is 4.44. The van der Waals surface area contributed by atoms with Crippen molar-refractivity contribution in [2.24, 2.45) is 5.92 Å². The highest BCUT2D eigenvalue weighted by Gasteiger charge is 2.25. The van der Waals surface area contributed by atoms with Crippen LogP contribution in [0.3, 0.4) is 0 Å². The van der Waals surface area contributed by atoms with E-state index in [0.29, 0.717) is 5.92 Å². The Hall–Kier alpha value is -1.27. The standard InChI is InChI=1S/C18H19Cl/c1-12-9-14-5-3-4-6-16(14)17(10-12)15-7-8-18(19)13(2)11-15/h3-8,11-12,17H,9-10H2,1-2H3/t12-,17+/m1/s1. The molecule has 0 N–H and O–H groups in total. The third-order valence-corrected chi connectivity index (χ3v) is 4.65. The maximum Gasteiger partial charge on any atom is 0.0435 e. The molecule has 0 spiro atoms. The van der Waals surface area contributed by atoms with E-state index in [4.69, 9.17) is 11.6 Å². The van der Waals surface area contributed by atoms with E-state index >= 15 is 0 Å². The van der Waals surface area contributed by atoms with Gasteiger partial charge in [-0.2, -0.15) is 0 Å². The van der Waals surface area contributed by atoms with Gasteiger partial charge in [0.05, 0.1) is 0 Å². The van der Waals surface area contributed by atoms with E-state index < -0.39 is 0 Å². The zero-order chi connectivity index (χ0) is 13.4. The minimum Gasteiger partial charge on any atom is -0.0841 e. The Morgan fingerprint density at radius 3 is 2.68 bits per heavy atom. The summed E-state index contributed by atoms with van der Waals surface area (Å²) in [5, 5.41) is 0.862. The number of halogens is 1. The van der Waals surface area contributed by atoms with Crippen molar-refractivity contribution in [3.8, 4) is 0 Å². The van der Waals surface area contributed by atoms with Gasteiger partial charge in [0.1, 0.15) is 0 Å². The summed E-state index contributed by atoms with van der Waals surface area (Å²) in [5.74, 6) is 1.27. The molecule has 0 saturated heterocycles. The monoisotopic (exact) mass is 270 g/mol. The summed E-state index contributed by atoms with van der Waals surface area (Å²) >= 11 is 6.15. The van der Waals surface area contributed by atoms with Gasteiger partial charge in [-0.3, -0.25) is 0 Å². The molecule has 1 heteroatoms. The normalized spacial score (nSPS) is 22.1. The van der Waals surface area contributed by atoms with Crippen LogP contribution in [0.25, 0.3) is 0 Å². The first-order valence-corrected chi connectivity index (χ1v) is 7.37. The molecule has 2 aromatic carbocycles. The molecule has 0 aliphatic heterocycles. The number of hydrogen-bond donors (Lipinski definition) is 0. The molecule has 1 aliphatic carbocycles. The van der Waals surface area contributed by atoms with Crippen LogP contribution in [-0.2, 0) is 6.42 Å². The van der Waals surface area contributed by atoms with Crippen LogP contribution >= 0.6 is 11.6 Å². The summed E-state index contributed by atoms with van der Waals surface area (Å²) in [5.41, 5.74) is 5.59. The maximum atomic E-state index is 6.15. The van der Waals surface area contributed by atoms with Crippen LogP contribution < -0.4 is 0 Å². The van der Waals surface area contributed by atoms with E-state index in [2.05, 4.69) is 50.2 Å². The van der Waals surface area contributed by atoms with Crippen LogP contribution in [0.2, 0.25) is 5.02 Å². The molecule has 0 saturated carbocycles. The average Bonchev–Trinajstić information content (AvgIpc) is 2.41. The lowest BCUT2D eigenvalue weighted by molar-refractivity contribution is 0.464. The van der Waals surface area contributed by atoms with E-state index in [1.54, 1.807) is 0 Å². The van der Waals surface area contributed by atoms with Crippen LogP contribution in [-0.4, -0.2) is 0 Å². The fraction of sp³-hybridized carbons (Fsp3) is 0.333. The molecule has 0 unspecified atom stereocenters. The molecule has 2 aromatic rings. The molecule has 0 nitrogen and oxygen atoms in total. The van der Waals surface area contributed by atoms with Crippen LogP contribution in [0.4, 0.5) is 0 Å². The SMILES string of the molecule is Cc1cc([C@@H]2C[C@H](C)Cc3ccccc32)ccc1Cl. The number of benzene rings is 2. The van der Waals surface area contributed by atoms with Gasteiger partial charge in [-0.05, 0) is 54.0 Å². The fourth-order valence-corrected chi connectivity index (χ4v) is 3.37. The summed E-state index contributed by atoms with van der Waals surface area (Å²) in [7, 11) is 0. The third kappa shape index (κ3) is 2.42. The number of aryl methyl sites for hydroxylation is 1. The van der Waals surface area contributed by atoms with Crippen molar-refractivity contribution in [1.82, 2.24) is 0 Å². The van der Waals surface area contributed by atoms with Gasteiger partial charge >= 0.3 is 0 Å². The number of hydrogen-bond acceptors (Lipinski definition) is 0. The van der Waals surface area contributed by atoms with Gasteiger partial charge in [0, 0.05) is 10.9 Å². The Labute approximate surface area is 120 Å². The first kappa shape index (κ1) is 12.7. The molecule has 3 rings (SSSR count). The molecule has 0 fully saturated rings. The summed E-state index contributed by atoms with van der Waals surface area (Å²) in [6, 6.07) is 15.4. The second-order valence-electron chi connectivity index (χ2n) is 5.81. The summed E-state index contributed by atoms with van der Waals surface area (Å²) < 4.78 is 0. The minimum atomic E-state index is 0.524. The molecule has 0 aromatic heterocycles. The topological polar surface area (TPSA) is 0 Å². The van der Waals surface area contributed by atoms with Gasteiger partial charge < -0.3 is 0 Å². The van der Waals surface area contributed by atoms with E-state index in [1.807, 2.05) is 6.07 Å². The van der Waals surface area contributed by atoms with Gasteiger partial charge in [-0.1, -0.05) is 54.9 Å². The first-order chi connectivity index (χ1) is 9.15. The number of fused-ring (bicyclic) bond motifs is 1. The lowest BCUT2D eigenvalue weighted by Gasteiger charge is -2.30. The Kier molecular flexibility index (Phi) is 3.36. The molecule has 0 amide bonds. The van der Waals surface area contributed by atoms with Crippen LogP contribution in [0, 0.1) is 12.8 Å². The Bertz CT molecular complexity index is 600. The highest BCUT2D eigenvalue weighted by molar-refractivity contribution is 6.31. The van der Waals surface area contributed by atoms with Crippen molar-refractivity contribution in [1.29, 1.82) is 0 Å². The van der Waals surface area contributed by atoms with Crippen molar-refractivity contribution in [2.75, 3.05) is 0 Å². The molecule has 98 valence electrons. The lowest BCUT2D eigenvalue weighted by Crippen LogP contribution is -2.17. The Balaban J connectivity index is 2.07. The minimum absolute atomic E-state index is 0.524. The van der Waals surface area contributed by atoms with Crippen LogP contribution in [0.5, 0.6) is 0 Å². The highest BCUT2D eigenvalue weighted by atomic mass is 35.5. The summed E-state index contributed by atoms with van der Waals surface area (Å²) in [6.07, 6.45) is 2.44. The smallest absolute Gasteiger partial charge is 0.0435 e. The van der Waals surface area contributed by atoms with Crippen molar-refractivity contribution in [3.63, 3.8) is 0 Å². The maximum absolute atomic E-state index is 6.15. The fourth-order valence-electron chi connectivity index (χ4n) is 3.25. The van der Waals surface area contributed by atoms with E-state index in [1.165, 1.54) is 35.1 Å². The number of rotatable bonds is 1. The van der Waals surface area contributed by atoms with Crippen molar-refractivity contribution in [2.45, 2.75) is 32.6 Å². The zero-order valence-electron chi connectivity index (χ0n) is 11.5. The Morgan fingerprint density at radius 1 is 1.11 bits per heavy atom. The third-order valence-electron chi connectivity index (χ3n) is 4.22. The van der Waals surface area contributed by atoms with E-state index in [-0.39, 0.29) is 0 Å². The van der Waals surface area contributed by atoms with Crippen molar-refractivity contribution < 1.29 is 0 Å². The van der Waals surface area contributed by atoms with Gasteiger partial charge in [0.2, 0.25) is 0 Å². The predicted molar refractivity (Wildman–Crippen MR) is 82.0 cm³/mol. The van der Waals surface area contributed by atoms with Crippen LogP contribution in [0.15, 0.2) is 42.5 Å².